The Labute approximate surface area is 179 Å². The molecule has 0 unspecified atom stereocenters. The smallest absolute Gasteiger partial charge is 0.326 e. The molecule has 158 valence electrons. The van der Waals surface area contributed by atoms with Gasteiger partial charge in [0.05, 0.1) is 22.8 Å². The van der Waals surface area contributed by atoms with Gasteiger partial charge in [0.1, 0.15) is 5.69 Å². The van der Waals surface area contributed by atoms with Crippen LogP contribution in [0.25, 0.3) is 23.0 Å². The number of fused-ring (bicyclic) bond motifs is 1. The normalized spacial score (nSPS) is 15.2. The average molecular weight is 437 g/mol. The highest BCUT2D eigenvalue weighted by atomic mass is 32.1. The third-order valence-corrected chi connectivity index (χ3v) is 5.81. The maximum Gasteiger partial charge on any atom is 0.326 e. The van der Waals surface area contributed by atoms with E-state index in [9.17, 15) is 14.7 Å². The number of amides is 1. The van der Waals surface area contributed by atoms with Crippen molar-refractivity contribution in [1.82, 2.24) is 29.5 Å². The van der Waals surface area contributed by atoms with E-state index >= 15 is 0 Å². The van der Waals surface area contributed by atoms with Crippen LogP contribution in [0.15, 0.2) is 33.5 Å². The number of nitrogens with one attached hydrogen (secondary N) is 2. The van der Waals surface area contributed by atoms with Crippen molar-refractivity contribution in [3.8, 4) is 17.1 Å². The van der Waals surface area contributed by atoms with Crippen LogP contribution in [-0.2, 0) is 0 Å². The van der Waals surface area contributed by atoms with Gasteiger partial charge in [-0.05, 0) is 25.0 Å². The summed E-state index contributed by atoms with van der Waals surface area (Å²) in [6, 6.07) is 3.96. The molecule has 1 aliphatic carbocycles. The minimum absolute atomic E-state index is 0.0644. The zero-order chi connectivity index (χ0) is 21.7. The zero-order valence-electron chi connectivity index (χ0n) is 16.8. The van der Waals surface area contributed by atoms with Gasteiger partial charge in [0, 0.05) is 36.3 Å². The predicted octanol–water partition coefficient (Wildman–Crippen LogP) is 0.492. The summed E-state index contributed by atoms with van der Waals surface area (Å²) in [5.74, 6) is -0.321. The summed E-state index contributed by atoms with van der Waals surface area (Å²) in [4.78, 5) is 40.2. The largest absolute Gasteiger partial charge is 0.493 e. The molecule has 5 rings (SSSR count). The summed E-state index contributed by atoms with van der Waals surface area (Å²) in [5.41, 5.74) is 2.42. The molecule has 1 saturated carbocycles. The molecule has 0 spiro atoms. The summed E-state index contributed by atoms with van der Waals surface area (Å²) in [7, 11) is 3.43. The van der Waals surface area contributed by atoms with Gasteiger partial charge in [-0.1, -0.05) is 0 Å². The van der Waals surface area contributed by atoms with E-state index in [0.717, 1.165) is 18.4 Å². The molecule has 4 aromatic heterocycles. The van der Waals surface area contributed by atoms with Gasteiger partial charge >= 0.3 is 5.69 Å². The van der Waals surface area contributed by atoms with Crippen LogP contribution >= 0.6 is 11.3 Å². The number of aromatic nitrogens is 5. The van der Waals surface area contributed by atoms with Crippen molar-refractivity contribution in [2.75, 3.05) is 14.1 Å². The number of aromatic amines is 2. The maximum atomic E-state index is 12.3. The fraction of sp³-hybridized carbons (Fsp3) is 0.250. The minimum Gasteiger partial charge on any atom is -0.493 e. The molecule has 0 radical (unpaired) electrons. The number of hydrogen-bond acceptors (Lipinski definition) is 7. The molecule has 1 fully saturated rings. The van der Waals surface area contributed by atoms with Crippen LogP contribution < -0.4 is 16.4 Å². The summed E-state index contributed by atoms with van der Waals surface area (Å²) in [6.45, 7) is 0. The van der Waals surface area contributed by atoms with Crippen molar-refractivity contribution in [2.45, 2.75) is 18.9 Å². The highest BCUT2D eigenvalue weighted by molar-refractivity contribution is 7.12. The molecule has 0 atom stereocenters. The molecule has 1 aliphatic rings. The first kappa shape index (κ1) is 19.2. The molecule has 4 aromatic rings. The number of carbonyl (C=O) groups is 1. The van der Waals surface area contributed by atoms with Crippen LogP contribution in [-0.4, -0.2) is 60.6 Å². The Morgan fingerprint density at radius 3 is 2.84 bits per heavy atom. The second-order valence-electron chi connectivity index (χ2n) is 7.58. The van der Waals surface area contributed by atoms with Crippen LogP contribution in [0.3, 0.4) is 0 Å². The zero-order valence-corrected chi connectivity index (χ0v) is 17.6. The molecule has 0 bridgehead atoms. The van der Waals surface area contributed by atoms with Crippen molar-refractivity contribution < 1.29 is 9.90 Å². The monoisotopic (exact) mass is 437 g/mol. The number of hydrogen-bond donors (Lipinski definition) is 3. The number of thiophene rings is 1. The molecule has 0 saturated heterocycles. The minimum atomic E-state index is -0.505. The predicted molar refractivity (Wildman–Crippen MR) is 115 cm³/mol. The summed E-state index contributed by atoms with van der Waals surface area (Å²) in [5, 5.41) is 16.8. The molecule has 4 heterocycles. The first-order chi connectivity index (χ1) is 14.9. The van der Waals surface area contributed by atoms with E-state index in [0.29, 0.717) is 26.9 Å². The second-order valence-corrected chi connectivity index (χ2v) is 8.49. The van der Waals surface area contributed by atoms with E-state index in [1.165, 1.54) is 16.2 Å². The standard InChI is InChI=1S/C20H19N7O3S/c1-26(2)19(29)15-6-11(9-31-15)13-7-16(22-12-3-4-12)27-17(23-13)10(8-21-27)5-14-18(28)25-20(30)24-14/h5-9,12,28H,3-4H2,1-2H3,(H2,24,25,30)/b10-5+,22-16?. The molecule has 1 amide bonds. The second kappa shape index (κ2) is 7.20. The molecular weight excluding hydrogens is 418 g/mol. The Morgan fingerprint density at radius 2 is 2.16 bits per heavy atom. The third kappa shape index (κ3) is 3.63. The summed E-state index contributed by atoms with van der Waals surface area (Å²) < 4.78 is 1.65. The van der Waals surface area contributed by atoms with Crippen molar-refractivity contribution >= 4 is 29.0 Å². The molecule has 10 nitrogen and oxygen atoms in total. The van der Waals surface area contributed by atoms with E-state index < -0.39 is 5.69 Å². The number of nitrogens with zero attached hydrogens (tertiary/aromatic N) is 5. The lowest BCUT2D eigenvalue weighted by Crippen LogP contribution is -2.20. The lowest BCUT2D eigenvalue weighted by Gasteiger charge is -2.07. The van der Waals surface area contributed by atoms with E-state index in [1.54, 1.807) is 30.9 Å². The van der Waals surface area contributed by atoms with E-state index in [-0.39, 0.29) is 23.5 Å². The van der Waals surface area contributed by atoms with Gasteiger partial charge in [-0.3, -0.25) is 14.8 Å². The Hall–Kier alpha value is -3.73. The number of rotatable bonds is 4. The van der Waals surface area contributed by atoms with E-state index in [1.807, 2.05) is 17.5 Å². The lowest BCUT2D eigenvalue weighted by molar-refractivity contribution is 0.0832. The molecule has 3 N–H and O–H groups in total. The summed E-state index contributed by atoms with van der Waals surface area (Å²) >= 11 is 1.36. The van der Waals surface area contributed by atoms with Gasteiger partial charge in [-0.15, -0.1) is 11.3 Å². The van der Waals surface area contributed by atoms with Crippen molar-refractivity contribution in [2.24, 2.45) is 4.99 Å². The van der Waals surface area contributed by atoms with Crippen LogP contribution in [0.2, 0.25) is 0 Å². The van der Waals surface area contributed by atoms with E-state index in [2.05, 4.69) is 15.1 Å². The Balaban J connectivity index is 1.71. The number of H-pyrrole nitrogens is 2. The SMILES string of the molecule is CN(C)C(=O)c1cc(-c2cc(=NC3CC3)n3nc/c(=C\c4[nH]c(=O)[nH]c4O)c3n2)cs1. The first-order valence-corrected chi connectivity index (χ1v) is 10.5. The molecular formula is C20H19N7O3S. The van der Waals surface area contributed by atoms with Crippen molar-refractivity contribution in [1.29, 1.82) is 0 Å². The van der Waals surface area contributed by atoms with Crippen LogP contribution in [0, 0.1) is 0 Å². The molecule has 0 aliphatic heterocycles. The number of aromatic hydroxyl groups is 1. The van der Waals surface area contributed by atoms with Crippen LogP contribution in [0.5, 0.6) is 5.88 Å². The highest BCUT2D eigenvalue weighted by Crippen LogP contribution is 2.25. The number of imidazole rings is 1. The topological polar surface area (TPSA) is 132 Å². The quantitative estimate of drug-likeness (QED) is 0.428. The maximum absolute atomic E-state index is 12.3. The summed E-state index contributed by atoms with van der Waals surface area (Å²) in [6.07, 6.45) is 5.29. The van der Waals surface area contributed by atoms with Gasteiger partial charge in [0.25, 0.3) is 5.91 Å². The number of carbonyl (C=O) groups excluding carboxylic acids is 1. The van der Waals surface area contributed by atoms with Crippen molar-refractivity contribution in [3.05, 3.63) is 55.5 Å². The van der Waals surface area contributed by atoms with Gasteiger partial charge in [0.15, 0.2) is 11.1 Å². The fourth-order valence-corrected chi connectivity index (χ4v) is 4.07. The highest BCUT2D eigenvalue weighted by Gasteiger charge is 2.21. The van der Waals surface area contributed by atoms with Gasteiger partial charge in [-0.2, -0.15) is 9.61 Å². The van der Waals surface area contributed by atoms with Gasteiger partial charge in [-0.25, -0.2) is 9.78 Å². The van der Waals surface area contributed by atoms with Gasteiger partial charge < -0.3 is 15.0 Å². The third-order valence-electron chi connectivity index (χ3n) is 4.89. The molecule has 0 aromatic carbocycles. The van der Waals surface area contributed by atoms with Crippen molar-refractivity contribution in [3.63, 3.8) is 0 Å². The fourth-order valence-electron chi connectivity index (χ4n) is 3.15. The van der Waals surface area contributed by atoms with E-state index in [4.69, 9.17) is 9.98 Å². The lowest BCUT2D eigenvalue weighted by atomic mass is 10.2. The Bertz CT molecular complexity index is 1490. The van der Waals surface area contributed by atoms with Crippen LogP contribution in [0.4, 0.5) is 0 Å². The average Bonchev–Trinajstić information content (AvgIpc) is 3.12. The molecule has 11 heteroatoms. The Kier molecular flexibility index (Phi) is 4.47. The van der Waals surface area contributed by atoms with Crippen LogP contribution in [0.1, 0.15) is 28.2 Å². The van der Waals surface area contributed by atoms with Gasteiger partial charge in [0.2, 0.25) is 5.88 Å². The first-order valence-electron chi connectivity index (χ1n) is 9.65. The molecule has 31 heavy (non-hydrogen) atoms. The Morgan fingerprint density at radius 1 is 1.35 bits per heavy atom.